The van der Waals surface area contributed by atoms with Crippen LogP contribution >= 0.6 is 11.8 Å². The lowest BCUT2D eigenvalue weighted by Gasteiger charge is -2.26. The minimum Gasteiger partial charge on any atom is -0.370 e. The molecule has 0 aromatic carbocycles. The minimum atomic E-state index is 0.148. The largest absolute Gasteiger partial charge is 0.370 e. The van der Waals surface area contributed by atoms with Crippen molar-refractivity contribution in [3.63, 3.8) is 0 Å². The second kappa shape index (κ2) is 8.27. The summed E-state index contributed by atoms with van der Waals surface area (Å²) in [5.74, 6) is 3.06. The Labute approximate surface area is 131 Å². The number of aromatic nitrogens is 1. The van der Waals surface area contributed by atoms with Crippen LogP contribution in [-0.4, -0.2) is 46.9 Å². The Kier molecular flexibility index (Phi) is 6.36. The Morgan fingerprint density at radius 3 is 2.71 bits per heavy atom. The molecule has 0 aliphatic carbocycles. The third-order valence-electron chi connectivity index (χ3n) is 3.49. The molecule has 21 heavy (non-hydrogen) atoms. The molecule has 116 valence electrons. The zero-order valence-corrected chi connectivity index (χ0v) is 13.8. The quantitative estimate of drug-likeness (QED) is 0.877. The lowest BCUT2D eigenvalue weighted by molar-refractivity contribution is 0.0772. The first kappa shape index (κ1) is 16.1. The van der Waals surface area contributed by atoms with Gasteiger partial charge < -0.3 is 10.2 Å². The van der Waals surface area contributed by atoms with Gasteiger partial charge in [-0.25, -0.2) is 4.98 Å². The third kappa shape index (κ3) is 4.63. The zero-order valence-electron chi connectivity index (χ0n) is 13.0. The van der Waals surface area contributed by atoms with Gasteiger partial charge in [-0.05, 0) is 25.0 Å². The Hall–Kier alpha value is -1.23. The average Bonchev–Trinajstić information content (AvgIpc) is 2.53. The number of nitrogens with one attached hydrogen (secondary N) is 1. The first-order chi connectivity index (χ1) is 10.2. The van der Waals surface area contributed by atoms with Crippen molar-refractivity contribution in [2.24, 2.45) is 0 Å². The van der Waals surface area contributed by atoms with E-state index < -0.39 is 0 Å². The summed E-state index contributed by atoms with van der Waals surface area (Å²) >= 11 is 1.92. The van der Waals surface area contributed by atoms with E-state index in [0.29, 0.717) is 0 Å². The zero-order chi connectivity index (χ0) is 15.1. The predicted molar refractivity (Wildman–Crippen MR) is 90.2 cm³/mol. The molecule has 1 amide bonds. The normalized spacial score (nSPS) is 15.0. The highest BCUT2D eigenvalue weighted by atomic mass is 32.2. The van der Waals surface area contributed by atoms with E-state index in [1.165, 1.54) is 0 Å². The van der Waals surface area contributed by atoms with Gasteiger partial charge in [-0.3, -0.25) is 4.79 Å². The summed E-state index contributed by atoms with van der Waals surface area (Å²) in [4.78, 5) is 19.2. The van der Waals surface area contributed by atoms with E-state index >= 15 is 0 Å². The molecule has 1 aromatic heterocycles. The number of anilines is 1. The molecule has 1 fully saturated rings. The molecule has 0 atom stereocenters. The van der Waals surface area contributed by atoms with Crippen molar-refractivity contribution in [1.29, 1.82) is 0 Å². The summed E-state index contributed by atoms with van der Waals surface area (Å²) in [6.07, 6.45) is 3.00. The molecular weight excluding hydrogens is 282 g/mol. The van der Waals surface area contributed by atoms with Crippen molar-refractivity contribution < 1.29 is 4.79 Å². The minimum absolute atomic E-state index is 0.148. The van der Waals surface area contributed by atoms with Gasteiger partial charge in [-0.15, -0.1) is 0 Å². The van der Waals surface area contributed by atoms with Crippen LogP contribution < -0.4 is 5.32 Å². The van der Waals surface area contributed by atoms with E-state index in [2.05, 4.69) is 24.1 Å². The van der Waals surface area contributed by atoms with Gasteiger partial charge in [0.15, 0.2) is 0 Å². The molecular formula is C16H25N3OS. The van der Waals surface area contributed by atoms with Crippen LogP contribution in [0, 0.1) is 0 Å². The highest BCUT2D eigenvalue weighted by Crippen LogP contribution is 2.17. The Bertz CT molecular complexity index is 473. The van der Waals surface area contributed by atoms with Gasteiger partial charge in [-0.2, -0.15) is 11.8 Å². The number of carbonyl (C=O) groups excluding carboxylic acids is 1. The molecule has 1 aliphatic rings. The van der Waals surface area contributed by atoms with Crippen LogP contribution in [0.25, 0.3) is 0 Å². The predicted octanol–water partition coefficient (Wildman–Crippen LogP) is 3.05. The van der Waals surface area contributed by atoms with Crippen LogP contribution in [0.4, 0.5) is 5.82 Å². The molecule has 4 nitrogen and oxygen atoms in total. The number of rotatable bonds is 6. The fraction of sp³-hybridized carbons (Fsp3) is 0.625. The van der Waals surface area contributed by atoms with Gasteiger partial charge in [0.2, 0.25) is 0 Å². The number of thioether (sulfide) groups is 1. The number of carbonyl (C=O) groups is 1. The van der Waals surface area contributed by atoms with Gasteiger partial charge in [0.05, 0.1) is 0 Å². The summed E-state index contributed by atoms with van der Waals surface area (Å²) in [5.41, 5.74) is 1.78. The number of pyridine rings is 1. The molecule has 5 heteroatoms. The molecule has 0 unspecified atom stereocenters. The third-order valence-corrected chi connectivity index (χ3v) is 4.43. The monoisotopic (exact) mass is 307 g/mol. The second-order valence-electron chi connectivity index (χ2n) is 5.31. The van der Waals surface area contributed by atoms with Gasteiger partial charge in [-0.1, -0.05) is 20.3 Å². The molecule has 1 aliphatic heterocycles. The van der Waals surface area contributed by atoms with Crippen molar-refractivity contribution in [2.45, 2.75) is 33.1 Å². The molecule has 0 saturated carbocycles. The summed E-state index contributed by atoms with van der Waals surface area (Å²) in [6.45, 7) is 6.85. The van der Waals surface area contributed by atoms with Crippen molar-refractivity contribution >= 4 is 23.5 Å². The molecule has 0 bridgehead atoms. The van der Waals surface area contributed by atoms with Crippen molar-refractivity contribution in [3.05, 3.63) is 23.4 Å². The van der Waals surface area contributed by atoms with Gasteiger partial charge in [0, 0.05) is 42.4 Å². The summed E-state index contributed by atoms with van der Waals surface area (Å²) < 4.78 is 0. The van der Waals surface area contributed by atoms with E-state index in [-0.39, 0.29) is 5.91 Å². The van der Waals surface area contributed by atoms with E-state index in [9.17, 15) is 4.79 Å². The molecule has 0 spiro atoms. The van der Waals surface area contributed by atoms with E-state index in [1.54, 1.807) is 0 Å². The summed E-state index contributed by atoms with van der Waals surface area (Å²) in [6, 6.07) is 3.86. The molecule has 0 radical (unpaired) electrons. The molecule has 2 rings (SSSR count). The molecule has 2 heterocycles. The van der Waals surface area contributed by atoms with Crippen LogP contribution in [0.1, 0.15) is 42.7 Å². The van der Waals surface area contributed by atoms with E-state index in [0.717, 1.165) is 67.5 Å². The van der Waals surface area contributed by atoms with E-state index in [1.807, 2.05) is 28.8 Å². The lowest BCUT2D eigenvalue weighted by atomic mass is 10.1. The Morgan fingerprint density at radius 1 is 1.29 bits per heavy atom. The van der Waals surface area contributed by atoms with Crippen LogP contribution in [0.3, 0.4) is 0 Å². The second-order valence-corrected chi connectivity index (χ2v) is 6.54. The smallest absolute Gasteiger partial charge is 0.254 e. The highest BCUT2D eigenvalue weighted by Gasteiger charge is 2.19. The van der Waals surface area contributed by atoms with Crippen molar-refractivity contribution in [1.82, 2.24) is 9.88 Å². The summed E-state index contributed by atoms with van der Waals surface area (Å²) in [5, 5.41) is 3.31. The fourth-order valence-corrected chi connectivity index (χ4v) is 3.29. The first-order valence-corrected chi connectivity index (χ1v) is 9.02. The topological polar surface area (TPSA) is 45.2 Å². The highest BCUT2D eigenvalue weighted by molar-refractivity contribution is 7.99. The van der Waals surface area contributed by atoms with Crippen LogP contribution in [0.5, 0.6) is 0 Å². The lowest BCUT2D eigenvalue weighted by Crippen LogP contribution is -2.38. The standard InChI is InChI=1S/C16H25N3OS/c1-3-5-14-11-13(12-15(18-14)17-6-4-2)16(20)19-7-9-21-10-8-19/h11-12H,3-10H2,1-2H3,(H,17,18). The Morgan fingerprint density at radius 2 is 2.05 bits per heavy atom. The SMILES string of the molecule is CCCNc1cc(C(=O)N2CCSCC2)cc(CCC)n1. The summed E-state index contributed by atoms with van der Waals surface area (Å²) in [7, 11) is 0. The number of hydrogen-bond donors (Lipinski definition) is 1. The number of nitrogens with zero attached hydrogens (tertiary/aromatic N) is 2. The van der Waals surface area contributed by atoms with Crippen LogP contribution in [0.15, 0.2) is 12.1 Å². The Balaban J connectivity index is 2.18. The molecule has 1 N–H and O–H groups in total. The maximum absolute atomic E-state index is 12.6. The van der Waals surface area contributed by atoms with Crippen molar-refractivity contribution in [2.75, 3.05) is 36.5 Å². The van der Waals surface area contributed by atoms with Crippen LogP contribution in [0.2, 0.25) is 0 Å². The van der Waals surface area contributed by atoms with Gasteiger partial charge in [0.1, 0.15) is 5.82 Å². The maximum atomic E-state index is 12.6. The van der Waals surface area contributed by atoms with Crippen molar-refractivity contribution in [3.8, 4) is 0 Å². The number of amides is 1. The molecule has 1 saturated heterocycles. The maximum Gasteiger partial charge on any atom is 0.254 e. The number of hydrogen-bond acceptors (Lipinski definition) is 4. The molecule has 1 aromatic rings. The van der Waals surface area contributed by atoms with Crippen LogP contribution in [-0.2, 0) is 6.42 Å². The van der Waals surface area contributed by atoms with Gasteiger partial charge in [0.25, 0.3) is 5.91 Å². The van der Waals surface area contributed by atoms with E-state index in [4.69, 9.17) is 0 Å². The number of aryl methyl sites for hydroxylation is 1. The average molecular weight is 307 g/mol. The first-order valence-electron chi connectivity index (χ1n) is 7.86. The fourth-order valence-electron chi connectivity index (χ4n) is 2.39. The van der Waals surface area contributed by atoms with Gasteiger partial charge >= 0.3 is 0 Å².